The van der Waals surface area contributed by atoms with Crippen LogP contribution < -0.4 is 10.1 Å². The molecule has 0 aliphatic carbocycles. The molecule has 2 amide bonds. The molecule has 0 atom stereocenters. The Hall–Kier alpha value is -4.63. The fourth-order valence-electron chi connectivity index (χ4n) is 5.36. The highest BCUT2D eigenvalue weighted by Crippen LogP contribution is 2.37. The van der Waals surface area contributed by atoms with Gasteiger partial charge in [0.05, 0.1) is 12.8 Å². The van der Waals surface area contributed by atoms with Gasteiger partial charge in [-0.05, 0) is 80.9 Å². The zero-order valence-corrected chi connectivity index (χ0v) is 24.1. The Labute approximate surface area is 240 Å². The number of hydrogen-bond acceptors (Lipinski definition) is 6. The van der Waals surface area contributed by atoms with Gasteiger partial charge in [0.15, 0.2) is 11.5 Å². The average molecular weight is 554 g/mol. The van der Waals surface area contributed by atoms with Gasteiger partial charge in [-0.3, -0.25) is 9.59 Å². The van der Waals surface area contributed by atoms with Crippen molar-refractivity contribution in [1.82, 2.24) is 19.5 Å². The maximum absolute atomic E-state index is 13.3. The average Bonchev–Trinajstić information content (AvgIpc) is 3.26. The first-order valence-corrected chi connectivity index (χ1v) is 13.6. The van der Waals surface area contributed by atoms with Crippen LogP contribution in [-0.2, 0) is 0 Å². The van der Waals surface area contributed by atoms with Crippen molar-refractivity contribution in [2.75, 3.05) is 45.7 Å². The molecule has 41 heavy (non-hydrogen) atoms. The third-order valence-corrected chi connectivity index (χ3v) is 7.61. The Morgan fingerprint density at radius 3 is 2.29 bits per heavy atom. The van der Waals surface area contributed by atoms with E-state index in [1.165, 1.54) is 0 Å². The molecule has 1 saturated heterocycles. The third kappa shape index (κ3) is 5.53. The Bertz CT molecular complexity index is 1600. The van der Waals surface area contributed by atoms with Crippen molar-refractivity contribution in [3.05, 3.63) is 88.7 Å². The van der Waals surface area contributed by atoms with Crippen molar-refractivity contribution in [2.45, 2.75) is 20.8 Å². The van der Waals surface area contributed by atoms with Gasteiger partial charge in [0, 0.05) is 48.6 Å². The fraction of sp³-hybridized carbons (Fsp3) is 0.281. The molecule has 1 fully saturated rings. The van der Waals surface area contributed by atoms with Gasteiger partial charge < -0.3 is 25.1 Å². The molecule has 5 rings (SSSR count). The number of carbonyl (C=O) groups is 2. The normalized spacial score (nSPS) is 13.7. The molecule has 1 aliphatic rings. The van der Waals surface area contributed by atoms with Crippen LogP contribution in [0.25, 0.3) is 22.5 Å². The topological polar surface area (TPSA) is 99.9 Å². The number of piperazine rings is 1. The molecule has 212 valence electrons. The Morgan fingerprint density at radius 1 is 0.927 bits per heavy atom. The molecule has 0 unspecified atom stereocenters. The quantitative estimate of drug-likeness (QED) is 0.325. The van der Waals surface area contributed by atoms with Crippen molar-refractivity contribution >= 4 is 17.5 Å². The second kappa shape index (κ2) is 11.5. The Morgan fingerprint density at radius 2 is 1.61 bits per heavy atom. The Kier molecular flexibility index (Phi) is 7.81. The van der Waals surface area contributed by atoms with Crippen molar-refractivity contribution in [3.8, 4) is 28.3 Å². The minimum absolute atomic E-state index is 0.0141. The molecule has 0 saturated carbocycles. The van der Waals surface area contributed by atoms with E-state index in [4.69, 9.17) is 4.74 Å². The summed E-state index contributed by atoms with van der Waals surface area (Å²) < 4.78 is 6.47. The van der Waals surface area contributed by atoms with E-state index in [-0.39, 0.29) is 17.4 Å². The van der Waals surface area contributed by atoms with Crippen LogP contribution in [0.1, 0.15) is 37.7 Å². The van der Waals surface area contributed by atoms with Gasteiger partial charge in [0.25, 0.3) is 11.8 Å². The number of anilines is 1. The molecule has 0 bridgehead atoms. The van der Waals surface area contributed by atoms with Crippen LogP contribution in [0.5, 0.6) is 5.75 Å². The summed E-state index contributed by atoms with van der Waals surface area (Å²) in [7, 11) is 3.66. The number of amides is 2. The van der Waals surface area contributed by atoms with Crippen LogP contribution in [0.2, 0.25) is 0 Å². The van der Waals surface area contributed by atoms with Gasteiger partial charge in [-0.2, -0.15) is 4.73 Å². The standard InChI is InChI=1S/C32H35N5O4/c1-20-8-6-9-21(2)28(20)26-19-23(12-13-27(26)41-5)30-33-22(3)29(37(30)40)31(38)34-25-11-7-10-24(18-25)32(39)36-16-14-35(4)15-17-36/h6-13,18-19,40H,14-17H2,1-5H3,(H,34,38). The smallest absolute Gasteiger partial charge is 0.277 e. The van der Waals surface area contributed by atoms with Gasteiger partial charge in [0.1, 0.15) is 5.75 Å². The van der Waals surface area contributed by atoms with Gasteiger partial charge in [-0.25, -0.2) is 4.98 Å². The van der Waals surface area contributed by atoms with E-state index in [0.717, 1.165) is 40.1 Å². The molecular formula is C32H35N5O4. The highest BCUT2D eigenvalue weighted by molar-refractivity contribution is 6.05. The van der Waals surface area contributed by atoms with E-state index >= 15 is 0 Å². The first-order valence-electron chi connectivity index (χ1n) is 13.6. The van der Waals surface area contributed by atoms with E-state index in [0.29, 0.717) is 41.3 Å². The number of aryl methyl sites for hydroxylation is 3. The number of likely N-dealkylation sites (N-methyl/N-ethyl adjacent to an activating group) is 1. The summed E-state index contributed by atoms with van der Waals surface area (Å²) in [5.74, 6) is 0.333. The predicted molar refractivity (Wildman–Crippen MR) is 159 cm³/mol. The number of rotatable bonds is 6. The second-order valence-electron chi connectivity index (χ2n) is 10.5. The highest BCUT2D eigenvalue weighted by Gasteiger charge is 2.24. The molecule has 0 radical (unpaired) electrons. The molecule has 2 N–H and O–H groups in total. The van der Waals surface area contributed by atoms with Gasteiger partial charge in [-0.1, -0.05) is 24.3 Å². The molecule has 4 aromatic rings. The van der Waals surface area contributed by atoms with Crippen molar-refractivity contribution < 1.29 is 19.5 Å². The minimum atomic E-state index is -0.531. The third-order valence-electron chi connectivity index (χ3n) is 7.61. The number of aromatic nitrogens is 2. The van der Waals surface area contributed by atoms with E-state index in [2.05, 4.69) is 15.2 Å². The minimum Gasteiger partial charge on any atom is -0.496 e. The lowest BCUT2D eigenvalue weighted by atomic mass is 9.93. The number of ether oxygens (including phenoxy) is 1. The van der Waals surface area contributed by atoms with Crippen LogP contribution in [-0.4, -0.2) is 76.9 Å². The van der Waals surface area contributed by atoms with Gasteiger partial charge in [-0.15, -0.1) is 0 Å². The van der Waals surface area contributed by atoms with Crippen LogP contribution >= 0.6 is 0 Å². The van der Waals surface area contributed by atoms with Crippen molar-refractivity contribution in [2.24, 2.45) is 0 Å². The number of methoxy groups -OCH3 is 1. The molecular weight excluding hydrogens is 518 g/mol. The fourth-order valence-corrected chi connectivity index (χ4v) is 5.36. The summed E-state index contributed by atoms with van der Waals surface area (Å²) in [6.45, 7) is 8.73. The predicted octanol–water partition coefficient (Wildman–Crippen LogP) is 5.03. The first kappa shape index (κ1) is 27.9. The van der Waals surface area contributed by atoms with E-state index in [1.807, 2.05) is 56.1 Å². The van der Waals surface area contributed by atoms with Gasteiger partial charge >= 0.3 is 0 Å². The first-order chi connectivity index (χ1) is 19.7. The highest BCUT2D eigenvalue weighted by atomic mass is 16.5. The summed E-state index contributed by atoms with van der Waals surface area (Å²) in [4.78, 5) is 34.9. The van der Waals surface area contributed by atoms with E-state index in [9.17, 15) is 14.8 Å². The van der Waals surface area contributed by atoms with Crippen molar-refractivity contribution in [3.63, 3.8) is 0 Å². The summed E-state index contributed by atoms with van der Waals surface area (Å²) in [5, 5.41) is 14.0. The van der Waals surface area contributed by atoms with Crippen LogP contribution in [0.15, 0.2) is 60.7 Å². The lowest BCUT2D eigenvalue weighted by Crippen LogP contribution is -2.47. The molecule has 1 aromatic heterocycles. The van der Waals surface area contributed by atoms with Crippen LogP contribution in [0.3, 0.4) is 0 Å². The zero-order chi connectivity index (χ0) is 29.3. The molecule has 0 spiro atoms. The second-order valence-corrected chi connectivity index (χ2v) is 10.5. The van der Waals surface area contributed by atoms with E-state index in [1.54, 1.807) is 44.4 Å². The summed E-state index contributed by atoms with van der Waals surface area (Å²) in [6.07, 6.45) is 0. The van der Waals surface area contributed by atoms with E-state index < -0.39 is 5.91 Å². The number of nitrogens with one attached hydrogen (secondary N) is 1. The molecule has 9 heteroatoms. The number of hydrogen-bond donors (Lipinski definition) is 2. The summed E-state index contributed by atoms with van der Waals surface area (Å²) in [6, 6.07) is 18.5. The number of carbonyl (C=O) groups excluding carboxylic acids is 2. The van der Waals surface area contributed by atoms with Crippen molar-refractivity contribution in [1.29, 1.82) is 0 Å². The van der Waals surface area contributed by atoms with Crippen LogP contribution in [0.4, 0.5) is 5.69 Å². The molecule has 2 heterocycles. The summed E-state index contributed by atoms with van der Waals surface area (Å²) >= 11 is 0. The summed E-state index contributed by atoms with van der Waals surface area (Å²) in [5.41, 5.74) is 6.08. The number of imidazole rings is 1. The SMILES string of the molecule is COc1ccc(-c2nc(C)c(C(=O)Nc3cccc(C(=O)N4CCN(C)CC4)c3)n2O)cc1-c1c(C)cccc1C. The zero-order valence-electron chi connectivity index (χ0n) is 24.1. The lowest BCUT2D eigenvalue weighted by Gasteiger charge is -2.32. The molecule has 1 aliphatic heterocycles. The van der Waals surface area contributed by atoms with Crippen LogP contribution in [0, 0.1) is 20.8 Å². The maximum Gasteiger partial charge on any atom is 0.277 e. The largest absolute Gasteiger partial charge is 0.496 e. The van der Waals surface area contributed by atoms with Gasteiger partial charge in [0.2, 0.25) is 0 Å². The maximum atomic E-state index is 13.3. The molecule has 9 nitrogen and oxygen atoms in total. The monoisotopic (exact) mass is 553 g/mol. The number of benzene rings is 3. The lowest BCUT2D eigenvalue weighted by molar-refractivity contribution is 0.0664. The Balaban J connectivity index is 1.42. The molecule has 3 aromatic carbocycles. The number of nitrogens with zero attached hydrogens (tertiary/aromatic N) is 4.